The molecule has 2 N–H and O–H groups in total. The Morgan fingerprint density at radius 1 is 1.19 bits per heavy atom. The Labute approximate surface area is 96.2 Å². The molecule has 0 saturated heterocycles. The molecule has 0 aliphatic carbocycles. The molecule has 0 amide bonds. The minimum atomic E-state index is 0.923. The predicted molar refractivity (Wildman–Crippen MR) is 66.8 cm³/mol. The van der Waals surface area contributed by atoms with Crippen LogP contribution in [-0.2, 0) is 0 Å². The molecule has 4 heteroatoms. The normalized spacial score (nSPS) is 13.4. The summed E-state index contributed by atoms with van der Waals surface area (Å²) in [6, 6.07) is 1.92. The van der Waals surface area contributed by atoms with E-state index in [2.05, 4.69) is 27.8 Å². The maximum atomic E-state index is 4.52. The molecule has 1 aromatic heterocycles. The van der Waals surface area contributed by atoms with E-state index in [0.717, 1.165) is 23.6 Å². The van der Waals surface area contributed by atoms with Gasteiger partial charge >= 0.3 is 0 Å². The molecular formula is C12H18N4. The van der Waals surface area contributed by atoms with Crippen molar-refractivity contribution in [1.82, 2.24) is 10.4 Å². The summed E-state index contributed by atoms with van der Waals surface area (Å²) in [5, 5.41) is 0. The molecule has 0 saturated carbocycles. The van der Waals surface area contributed by atoms with E-state index in [1.807, 2.05) is 6.07 Å². The molecule has 1 aliphatic heterocycles. The molecule has 2 heterocycles. The zero-order chi connectivity index (χ0) is 11.2. The van der Waals surface area contributed by atoms with Gasteiger partial charge in [-0.2, -0.15) is 0 Å². The number of rotatable bonds is 5. The molecule has 86 valence electrons. The average Bonchev–Trinajstić information content (AvgIpc) is 2.34. The highest BCUT2D eigenvalue weighted by atomic mass is 15.4. The van der Waals surface area contributed by atoms with Gasteiger partial charge in [-0.3, -0.25) is 15.8 Å². The summed E-state index contributed by atoms with van der Waals surface area (Å²) in [4.78, 5) is 8.59. The molecule has 1 aliphatic rings. The number of hydrogen-bond donors (Lipinski definition) is 2. The van der Waals surface area contributed by atoms with Crippen LogP contribution in [0.4, 0.5) is 11.4 Å². The first-order valence-corrected chi connectivity index (χ1v) is 5.93. The SMILES string of the molecule is CCCCCCC1=Nc2cnccc2NN1. The number of fused-ring (bicyclic) bond motifs is 1. The molecule has 4 nitrogen and oxygen atoms in total. The number of nitrogens with zero attached hydrogens (tertiary/aromatic N) is 2. The molecule has 0 atom stereocenters. The minimum absolute atomic E-state index is 0.923. The molecule has 0 bridgehead atoms. The van der Waals surface area contributed by atoms with Gasteiger partial charge in [-0.25, -0.2) is 4.99 Å². The Morgan fingerprint density at radius 2 is 2.12 bits per heavy atom. The molecule has 0 fully saturated rings. The van der Waals surface area contributed by atoms with Gasteiger partial charge in [0.2, 0.25) is 0 Å². The zero-order valence-corrected chi connectivity index (χ0v) is 9.66. The molecule has 0 radical (unpaired) electrons. The van der Waals surface area contributed by atoms with Crippen molar-refractivity contribution in [3.63, 3.8) is 0 Å². The third-order valence-electron chi connectivity index (χ3n) is 2.66. The van der Waals surface area contributed by atoms with Crippen LogP contribution < -0.4 is 10.9 Å². The summed E-state index contributed by atoms with van der Waals surface area (Å²) in [6.07, 6.45) is 9.59. The molecule has 1 aromatic rings. The maximum absolute atomic E-state index is 4.52. The number of hydrazine groups is 1. The fraction of sp³-hybridized carbons (Fsp3) is 0.500. The summed E-state index contributed by atoms with van der Waals surface area (Å²) in [7, 11) is 0. The van der Waals surface area contributed by atoms with Crippen LogP contribution in [0.5, 0.6) is 0 Å². The van der Waals surface area contributed by atoms with Crippen molar-refractivity contribution in [3.8, 4) is 0 Å². The van der Waals surface area contributed by atoms with Crippen LogP contribution in [0.25, 0.3) is 0 Å². The summed E-state index contributed by atoms with van der Waals surface area (Å²) in [5.41, 5.74) is 8.17. The first kappa shape index (κ1) is 10.9. The third kappa shape index (κ3) is 2.72. The van der Waals surface area contributed by atoms with E-state index in [9.17, 15) is 0 Å². The number of unbranched alkanes of at least 4 members (excludes halogenated alkanes) is 3. The number of nitrogens with one attached hydrogen (secondary N) is 2. The second-order valence-electron chi connectivity index (χ2n) is 4.01. The maximum Gasteiger partial charge on any atom is 0.121 e. The molecule has 2 rings (SSSR count). The van der Waals surface area contributed by atoms with Crippen LogP contribution in [0, 0.1) is 0 Å². The number of amidine groups is 1. The Balaban J connectivity index is 1.91. The summed E-state index contributed by atoms with van der Waals surface area (Å²) >= 11 is 0. The van der Waals surface area contributed by atoms with E-state index >= 15 is 0 Å². The van der Waals surface area contributed by atoms with Crippen LogP contribution in [0.2, 0.25) is 0 Å². The first-order chi connectivity index (χ1) is 7.90. The molecule has 0 spiro atoms. The van der Waals surface area contributed by atoms with E-state index in [-0.39, 0.29) is 0 Å². The van der Waals surface area contributed by atoms with Crippen molar-refractivity contribution in [3.05, 3.63) is 18.5 Å². The minimum Gasteiger partial charge on any atom is -0.298 e. The molecule has 0 aromatic carbocycles. The Morgan fingerprint density at radius 3 is 3.00 bits per heavy atom. The summed E-state index contributed by atoms with van der Waals surface area (Å²) < 4.78 is 0. The number of pyridine rings is 1. The fourth-order valence-corrected chi connectivity index (χ4v) is 1.73. The van der Waals surface area contributed by atoms with Gasteiger partial charge in [0.15, 0.2) is 0 Å². The van der Waals surface area contributed by atoms with E-state index in [0.29, 0.717) is 0 Å². The van der Waals surface area contributed by atoms with Crippen molar-refractivity contribution < 1.29 is 0 Å². The van der Waals surface area contributed by atoms with Gasteiger partial charge < -0.3 is 0 Å². The van der Waals surface area contributed by atoms with Crippen LogP contribution in [-0.4, -0.2) is 10.8 Å². The smallest absolute Gasteiger partial charge is 0.121 e. The van der Waals surface area contributed by atoms with E-state index in [4.69, 9.17) is 0 Å². The van der Waals surface area contributed by atoms with Crippen LogP contribution in [0.1, 0.15) is 39.0 Å². The number of aromatic nitrogens is 1. The Bertz CT molecular complexity index is 373. The van der Waals surface area contributed by atoms with Crippen molar-refractivity contribution in [2.45, 2.75) is 39.0 Å². The van der Waals surface area contributed by atoms with E-state index < -0.39 is 0 Å². The standard InChI is InChI=1S/C12H18N4/c1-2-3-4-5-6-12-14-11-9-13-8-7-10(11)15-16-12/h7-9,15H,2-6H2,1H3,(H,14,16). The monoisotopic (exact) mass is 218 g/mol. The lowest BCUT2D eigenvalue weighted by Crippen LogP contribution is -2.31. The lowest BCUT2D eigenvalue weighted by atomic mass is 10.1. The Kier molecular flexibility index (Phi) is 3.75. The highest BCUT2D eigenvalue weighted by Gasteiger charge is 2.09. The predicted octanol–water partition coefficient (Wildman–Crippen LogP) is 3.01. The van der Waals surface area contributed by atoms with Gasteiger partial charge in [-0.1, -0.05) is 26.2 Å². The van der Waals surface area contributed by atoms with E-state index in [1.54, 1.807) is 12.4 Å². The second kappa shape index (κ2) is 5.49. The highest BCUT2D eigenvalue weighted by Crippen LogP contribution is 2.25. The summed E-state index contributed by atoms with van der Waals surface area (Å²) in [6.45, 7) is 2.22. The van der Waals surface area contributed by atoms with Gasteiger partial charge in [0.1, 0.15) is 11.5 Å². The molecule has 16 heavy (non-hydrogen) atoms. The van der Waals surface area contributed by atoms with Gasteiger partial charge in [0.25, 0.3) is 0 Å². The Hall–Kier alpha value is -1.58. The van der Waals surface area contributed by atoms with Crippen LogP contribution in [0.3, 0.4) is 0 Å². The topological polar surface area (TPSA) is 49.3 Å². The van der Waals surface area contributed by atoms with Crippen molar-refractivity contribution >= 4 is 17.2 Å². The van der Waals surface area contributed by atoms with Gasteiger partial charge in [0.05, 0.1) is 11.9 Å². The van der Waals surface area contributed by atoms with Crippen molar-refractivity contribution in [1.29, 1.82) is 0 Å². The summed E-state index contributed by atoms with van der Waals surface area (Å²) in [5.74, 6) is 1.01. The third-order valence-corrected chi connectivity index (χ3v) is 2.66. The van der Waals surface area contributed by atoms with Gasteiger partial charge in [-0.15, -0.1) is 0 Å². The average molecular weight is 218 g/mol. The first-order valence-electron chi connectivity index (χ1n) is 5.93. The van der Waals surface area contributed by atoms with Crippen LogP contribution >= 0.6 is 0 Å². The number of aliphatic imine (C=N–C) groups is 1. The van der Waals surface area contributed by atoms with Crippen LogP contribution in [0.15, 0.2) is 23.5 Å². The largest absolute Gasteiger partial charge is 0.298 e. The molecule has 0 unspecified atom stereocenters. The van der Waals surface area contributed by atoms with Gasteiger partial charge in [-0.05, 0) is 12.5 Å². The van der Waals surface area contributed by atoms with Gasteiger partial charge in [0, 0.05) is 12.6 Å². The number of hydrogen-bond acceptors (Lipinski definition) is 4. The lowest BCUT2D eigenvalue weighted by Gasteiger charge is -2.18. The van der Waals surface area contributed by atoms with Crippen molar-refractivity contribution in [2.24, 2.45) is 4.99 Å². The lowest BCUT2D eigenvalue weighted by molar-refractivity contribution is 0.678. The van der Waals surface area contributed by atoms with E-state index in [1.165, 1.54) is 25.7 Å². The van der Waals surface area contributed by atoms with Crippen molar-refractivity contribution in [2.75, 3.05) is 5.43 Å². The number of anilines is 1. The zero-order valence-electron chi connectivity index (χ0n) is 9.66. The second-order valence-corrected chi connectivity index (χ2v) is 4.01. The fourth-order valence-electron chi connectivity index (χ4n) is 1.73. The molecular weight excluding hydrogens is 200 g/mol. The highest BCUT2D eigenvalue weighted by molar-refractivity contribution is 5.90. The quantitative estimate of drug-likeness (QED) is 0.747.